The number of anilines is 1. The lowest BCUT2D eigenvalue weighted by atomic mass is 10.0. The van der Waals surface area contributed by atoms with Gasteiger partial charge in [0.25, 0.3) is 15.9 Å². The van der Waals surface area contributed by atoms with Crippen molar-refractivity contribution in [2.24, 2.45) is 0 Å². The average molecular weight is 541 g/mol. The van der Waals surface area contributed by atoms with E-state index in [1.807, 2.05) is 13.0 Å². The molecule has 0 saturated heterocycles. The van der Waals surface area contributed by atoms with E-state index in [4.69, 9.17) is 0 Å². The maximum absolute atomic E-state index is 14.1. The van der Waals surface area contributed by atoms with Crippen LogP contribution >= 0.6 is 0 Å². The predicted octanol–water partition coefficient (Wildman–Crippen LogP) is 5.28. The second kappa shape index (κ2) is 11.9. The van der Waals surface area contributed by atoms with Crippen molar-refractivity contribution in [3.8, 4) is 0 Å². The smallest absolute Gasteiger partial charge is 0.268 e. The average Bonchev–Trinajstić information content (AvgIpc) is 2.94. The Labute approximate surface area is 228 Å². The van der Waals surface area contributed by atoms with Crippen molar-refractivity contribution >= 4 is 33.3 Å². The van der Waals surface area contributed by atoms with Gasteiger partial charge in [-0.1, -0.05) is 66.2 Å². The maximum atomic E-state index is 14.1. The van der Waals surface area contributed by atoms with E-state index in [0.717, 1.165) is 5.56 Å². The molecule has 4 rings (SSSR count). The zero-order chi connectivity index (χ0) is 28.0. The molecule has 4 aromatic rings. The number of nitrogens with zero attached hydrogens (tertiary/aromatic N) is 1. The Morgan fingerprint density at radius 1 is 0.744 bits per heavy atom. The Bertz CT molecular complexity index is 1570. The number of sulfonamides is 1. The Morgan fingerprint density at radius 2 is 1.31 bits per heavy atom. The zero-order valence-corrected chi connectivity index (χ0v) is 22.4. The summed E-state index contributed by atoms with van der Waals surface area (Å²) >= 11 is 0. The second-order valence-electron chi connectivity index (χ2n) is 9.11. The van der Waals surface area contributed by atoms with Gasteiger partial charge in [0.2, 0.25) is 5.91 Å². The predicted molar refractivity (Wildman–Crippen MR) is 150 cm³/mol. The molecule has 0 bridgehead atoms. The van der Waals surface area contributed by atoms with Crippen LogP contribution in [0.3, 0.4) is 0 Å². The number of rotatable bonds is 9. The van der Waals surface area contributed by atoms with Gasteiger partial charge in [-0.25, -0.2) is 12.7 Å². The highest BCUT2D eigenvalue weighted by Gasteiger charge is 2.40. The fourth-order valence-electron chi connectivity index (χ4n) is 4.08. The van der Waals surface area contributed by atoms with Crippen LogP contribution in [0.2, 0.25) is 0 Å². The first kappa shape index (κ1) is 27.5. The third-order valence-corrected chi connectivity index (χ3v) is 8.02. The highest BCUT2D eigenvalue weighted by Crippen LogP contribution is 2.25. The van der Waals surface area contributed by atoms with Gasteiger partial charge < -0.3 is 5.32 Å². The first-order chi connectivity index (χ1) is 18.7. The van der Waals surface area contributed by atoms with Crippen molar-refractivity contribution < 1.29 is 22.8 Å². The van der Waals surface area contributed by atoms with Crippen LogP contribution in [-0.4, -0.2) is 36.4 Å². The summed E-state index contributed by atoms with van der Waals surface area (Å²) in [4.78, 5) is 39.2. The highest BCUT2D eigenvalue weighted by molar-refractivity contribution is 7.89. The summed E-state index contributed by atoms with van der Waals surface area (Å²) < 4.78 is 28.8. The third kappa shape index (κ3) is 6.48. The number of Topliss-reactive ketones (excluding diaryl/α,β-unsaturated/α-hetero) is 1. The molecule has 1 atom stereocenters. The Morgan fingerprint density at radius 3 is 1.87 bits per heavy atom. The van der Waals surface area contributed by atoms with Crippen molar-refractivity contribution in [1.29, 1.82) is 0 Å². The minimum atomic E-state index is -4.46. The molecule has 39 heavy (non-hydrogen) atoms. The molecule has 0 aliphatic heterocycles. The summed E-state index contributed by atoms with van der Waals surface area (Å²) in [5.41, 5.74) is 2.49. The van der Waals surface area contributed by atoms with Crippen LogP contribution in [0.15, 0.2) is 114 Å². The lowest BCUT2D eigenvalue weighted by molar-refractivity contribution is -0.119. The summed E-state index contributed by atoms with van der Waals surface area (Å²) in [7, 11) is -4.46. The van der Waals surface area contributed by atoms with Gasteiger partial charge in [-0.3, -0.25) is 14.4 Å². The number of carbonyl (C=O) groups excluding carboxylic acids is 3. The van der Waals surface area contributed by atoms with Crippen molar-refractivity contribution in [3.63, 3.8) is 0 Å². The normalized spacial score (nSPS) is 11.8. The quantitative estimate of drug-likeness (QED) is 0.291. The topological polar surface area (TPSA) is 101 Å². The zero-order valence-electron chi connectivity index (χ0n) is 21.6. The minimum Gasteiger partial charge on any atom is -0.324 e. The van der Waals surface area contributed by atoms with Crippen molar-refractivity contribution in [2.45, 2.75) is 31.2 Å². The number of aryl methyl sites for hydroxylation is 1. The first-order valence-corrected chi connectivity index (χ1v) is 13.8. The minimum absolute atomic E-state index is 0.0537. The summed E-state index contributed by atoms with van der Waals surface area (Å²) in [5.74, 6) is -1.63. The number of hydrogen-bond donors (Lipinski definition) is 1. The van der Waals surface area contributed by atoms with Crippen LogP contribution in [0.25, 0.3) is 0 Å². The van der Waals surface area contributed by atoms with E-state index >= 15 is 0 Å². The molecule has 0 aliphatic carbocycles. The van der Waals surface area contributed by atoms with E-state index in [1.165, 1.54) is 31.2 Å². The van der Waals surface area contributed by atoms with Crippen LogP contribution in [0.1, 0.15) is 38.8 Å². The molecule has 0 aromatic heterocycles. The van der Waals surface area contributed by atoms with E-state index in [0.29, 0.717) is 21.1 Å². The summed E-state index contributed by atoms with van der Waals surface area (Å²) in [5, 5.41) is 2.74. The van der Waals surface area contributed by atoms with Gasteiger partial charge in [0, 0.05) is 23.2 Å². The molecule has 7 nitrogen and oxygen atoms in total. The number of carbonyl (C=O) groups is 3. The number of hydrogen-bond acceptors (Lipinski definition) is 5. The largest absolute Gasteiger partial charge is 0.324 e. The van der Waals surface area contributed by atoms with E-state index in [-0.39, 0.29) is 22.7 Å². The highest BCUT2D eigenvalue weighted by atomic mass is 32.2. The van der Waals surface area contributed by atoms with Gasteiger partial charge >= 0.3 is 0 Å². The SMILES string of the molecule is CC(=O)c1ccc(NC(=O)C(Cc2ccccc2)N(C(=O)c2ccccc2)S(=O)(=O)c2ccc(C)cc2)cc1. The van der Waals surface area contributed by atoms with Crippen LogP contribution in [0.5, 0.6) is 0 Å². The Kier molecular flexibility index (Phi) is 8.36. The van der Waals surface area contributed by atoms with Crippen LogP contribution in [0, 0.1) is 6.92 Å². The Hall–Kier alpha value is -4.56. The molecular weight excluding hydrogens is 512 g/mol. The van der Waals surface area contributed by atoms with Crippen LogP contribution in [0.4, 0.5) is 5.69 Å². The van der Waals surface area contributed by atoms with Gasteiger partial charge in [0.15, 0.2) is 5.78 Å². The fraction of sp³-hybridized carbons (Fsp3) is 0.129. The summed E-state index contributed by atoms with van der Waals surface area (Å²) in [6.07, 6.45) is -0.0537. The van der Waals surface area contributed by atoms with Crippen molar-refractivity contribution in [1.82, 2.24) is 4.31 Å². The summed E-state index contributed by atoms with van der Waals surface area (Å²) in [6, 6.07) is 27.9. The molecule has 0 aliphatic rings. The summed E-state index contributed by atoms with van der Waals surface area (Å²) in [6.45, 7) is 3.26. The first-order valence-electron chi connectivity index (χ1n) is 12.3. The molecule has 0 spiro atoms. The van der Waals surface area contributed by atoms with Gasteiger partial charge in [-0.15, -0.1) is 0 Å². The van der Waals surface area contributed by atoms with Crippen LogP contribution < -0.4 is 5.32 Å². The van der Waals surface area contributed by atoms with E-state index in [9.17, 15) is 22.8 Å². The van der Waals surface area contributed by atoms with E-state index < -0.39 is 27.9 Å². The van der Waals surface area contributed by atoms with Gasteiger partial charge in [-0.2, -0.15) is 0 Å². The maximum Gasteiger partial charge on any atom is 0.268 e. The molecule has 2 amide bonds. The molecular formula is C31H28N2O5S. The molecule has 198 valence electrons. The number of benzene rings is 4. The van der Waals surface area contributed by atoms with Crippen LogP contribution in [-0.2, 0) is 21.2 Å². The lowest BCUT2D eigenvalue weighted by Gasteiger charge is -2.30. The molecule has 1 unspecified atom stereocenters. The van der Waals surface area contributed by atoms with Crippen molar-refractivity contribution in [3.05, 3.63) is 131 Å². The van der Waals surface area contributed by atoms with Crippen molar-refractivity contribution in [2.75, 3.05) is 5.32 Å². The lowest BCUT2D eigenvalue weighted by Crippen LogP contribution is -2.51. The fourth-order valence-corrected chi connectivity index (χ4v) is 5.62. The Balaban J connectivity index is 1.82. The van der Waals surface area contributed by atoms with Gasteiger partial charge in [0.1, 0.15) is 6.04 Å². The number of nitrogens with one attached hydrogen (secondary N) is 1. The monoisotopic (exact) mass is 540 g/mol. The standard InChI is InChI=1S/C31H28N2O5S/c1-22-13-19-28(20-14-22)39(37,38)33(31(36)26-11-7-4-8-12-26)29(21-24-9-5-3-6-10-24)30(35)32-27-17-15-25(16-18-27)23(2)34/h3-20,29H,21H2,1-2H3,(H,32,35). The molecule has 4 aromatic carbocycles. The second-order valence-corrected chi connectivity index (χ2v) is 10.9. The molecule has 8 heteroatoms. The number of ketones is 1. The van der Waals surface area contributed by atoms with E-state index in [1.54, 1.807) is 78.9 Å². The molecule has 1 N–H and O–H groups in total. The van der Waals surface area contributed by atoms with Gasteiger partial charge in [-0.05, 0) is 67.9 Å². The third-order valence-electron chi connectivity index (χ3n) is 6.22. The molecule has 0 saturated carbocycles. The van der Waals surface area contributed by atoms with Gasteiger partial charge in [0.05, 0.1) is 4.90 Å². The molecule has 0 heterocycles. The molecule has 0 fully saturated rings. The number of amides is 2. The van der Waals surface area contributed by atoms with E-state index in [2.05, 4.69) is 5.32 Å². The molecule has 0 radical (unpaired) electrons.